The van der Waals surface area contributed by atoms with Crippen LogP contribution in [0.3, 0.4) is 0 Å². The first kappa shape index (κ1) is 18.2. The second-order valence-electron chi connectivity index (χ2n) is 6.41. The molecule has 0 atom stereocenters. The van der Waals surface area contributed by atoms with Crippen molar-refractivity contribution in [1.29, 1.82) is 0 Å². The van der Waals surface area contributed by atoms with Crippen molar-refractivity contribution in [2.75, 3.05) is 20.2 Å². The summed E-state index contributed by atoms with van der Waals surface area (Å²) in [6.45, 7) is 4.96. The number of carbonyl (C=O) groups is 1. The molecule has 2 aromatic carbocycles. The first-order valence-corrected chi connectivity index (χ1v) is 8.83. The number of carbonyl (C=O) groups excluding carboxylic acids is 1. The van der Waals surface area contributed by atoms with E-state index in [4.69, 9.17) is 16.3 Å². The zero-order valence-electron chi connectivity index (χ0n) is 15.1. The van der Waals surface area contributed by atoms with E-state index in [1.807, 2.05) is 50.2 Å². The van der Waals surface area contributed by atoms with Gasteiger partial charge in [0.15, 0.2) is 0 Å². The highest BCUT2D eigenvalue weighted by molar-refractivity contribution is 6.30. The number of halogens is 1. The molecular formula is C21H21ClN2O2. The van der Waals surface area contributed by atoms with Crippen molar-refractivity contribution in [3.8, 4) is 5.75 Å². The van der Waals surface area contributed by atoms with Gasteiger partial charge >= 0.3 is 0 Å². The van der Waals surface area contributed by atoms with Crippen LogP contribution >= 0.6 is 11.6 Å². The van der Waals surface area contributed by atoms with E-state index in [1.54, 1.807) is 18.0 Å². The highest BCUT2D eigenvalue weighted by Crippen LogP contribution is 2.22. The number of likely N-dealkylation sites (N-methyl/N-ethyl adjacent to an activating group) is 1. The predicted octanol–water partition coefficient (Wildman–Crippen LogP) is 4.66. The summed E-state index contributed by atoms with van der Waals surface area (Å²) in [7, 11) is 1.76. The predicted molar refractivity (Wildman–Crippen MR) is 105 cm³/mol. The van der Waals surface area contributed by atoms with Gasteiger partial charge in [0, 0.05) is 12.4 Å². The summed E-state index contributed by atoms with van der Waals surface area (Å²) < 4.78 is 5.80. The number of nitrogens with zero attached hydrogens (tertiary/aromatic N) is 2. The molecule has 0 aliphatic heterocycles. The van der Waals surface area contributed by atoms with Gasteiger partial charge in [0.2, 0.25) is 0 Å². The van der Waals surface area contributed by atoms with Crippen molar-refractivity contribution in [3.05, 3.63) is 70.4 Å². The summed E-state index contributed by atoms with van der Waals surface area (Å²) in [6.07, 6.45) is 0. The molecule has 4 nitrogen and oxygen atoms in total. The Bertz CT molecular complexity index is 936. The average Bonchev–Trinajstić information content (AvgIpc) is 2.59. The van der Waals surface area contributed by atoms with Gasteiger partial charge in [-0.1, -0.05) is 35.9 Å². The van der Waals surface area contributed by atoms with E-state index in [0.717, 1.165) is 22.3 Å². The standard InChI is InChI=1S/C21H21ClN2O2/c1-14-10-15(2)12-16(11-14)26-9-8-24(3)21(25)18-13-20(22)23-19-7-5-4-6-17(18)19/h4-7,10-13H,8-9H2,1-3H3. The Kier molecular flexibility index (Phi) is 5.43. The number of rotatable bonds is 5. The second-order valence-corrected chi connectivity index (χ2v) is 6.80. The van der Waals surface area contributed by atoms with Crippen LogP contribution in [0.5, 0.6) is 5.75 Å². The minimum atomic E-state index is -0.102. The fourth-order valence-electron chi connectivity index (χ4n) is 2.94. The molecule has 0 radical (unpaired) electrons. The number of amides is 1. The van der Waals surface area contributed by atoms with Crippen molar-refractivity contribution >= 4 is 28.4 Å². The number of hydrogen-bond acceptors (Lipinski definition) is 3. The number of hydrogen-bond donors (Lipinski definition) is 0. The third kappa shape index (κ3) is 4.14. The molecule has 0 saturated heterocycles. The summed E-state index contributed by atoms with van der Waals surface area (Å²) in [5.74, 6) is 0.718. The molecule has 3 rings (SSSR count). The van der Waals surface area contributed by atoms with E-state index in [1.165, 1.54) is 0 Å². The van der Waals surface area contributed by atoms with Crippen LogP contribution in [-0.2, 0) is 0 Å². The fourth-order valence-corrected chi connectivity index (χ4v) is 3.14. The van der Waals surface area contributed by atoms with E-state index < -0.39 is 0 Å². The molecule has 26 heavy (non-hydrogen) atoms. The molecule has 1 amide bonds. The highest BCUT2D eigenvalue weighted by Gasteiger charge is 2.16. The Morgan fingerprint density at radius 2 is 1.81 bits per heavy atom. The van der Waals surface area contributed by atoms with Crippen LogP contribution in [0.4, 0.5) is 0 Å². The molecule has 0 aliphatic rings. The van der Waals surface area contributed by atoms with Gasteiger partial charge in [-0.05, 0) is 49.2 Å². The number of pyridine rings is 1. The third-order valence-corrected chi connectivity index (χ3v) is 4.35. The monoisotopic (exact) mass is 368 g/mol. The van der Waals surface area contributed by atoms with Gasteiger partial charge in [-0.3, -0.25) is 4.79 Å². The Morgan fingerprint density at radius 1 is 1.12 bits per heavy atom. The van der Waals surface area contributed by atoms with Crippen molar-refractivity contribution in [2.24, 2.45) is 0 Å². The second kappa shape index (κ2) is 7.75. The lowest BCUT2D eigenvalue weighted by Crippen LogP contribution is -2.31. The van der Waals surface area contributed by atoms with E-state index in [0.29, 0.717) is 29.4 Å². The Hall–Kier alpha value is -2.59. The zero-order valence-corrected chi connectivity index (χ0v) is 15.9. The number of benzene rings is 2. The number of fused-ring (bicyclic) bond motifs is 1. The van der Waals surface area contributed by atoms with Crippen LogP contribution in [0, 0.1) is 13.8 Å². The molecule has 1 heterocycles. The van der Waals surface area contributed by atoms with Gasteiger partial charge in [-0.25, -0.2) is 4.98 Å². The van der Waals surface area contributed by atoms with Crippen LogP contribution in [0.2, 0.25) is 5.15 Å². The van der Waals surface area contributed by atoms with Gasteiger partial charge in [0.1, 0.15) is 17.5 Å². The molecule has 0 unspecified atom stereocenters. The maximum absolute atomic E-state index is 12.8. The normalized spacial score (nSPS) is 10.8. The van der Waals surface area contributed by atoms with Gasteiger partial charge in [0.05, 0.1) is 17.6 Å². The molecule has 3 aromatic rings. The van der Waals surface area contributed by atoms with Crippen LogP contribution in [0.25, 0.3) is 10.9 Å². The lowest BCUT2D eigenvalue weighted by molar-refractivity contribution is 0.0775. The van der Waals surface area contributed by atoms with Gasteiger partial charge in [-0.15, -0.1) is 0 Å². The smallest absolute Gasteiger partial charge is 0.254 e. The van der Waals surface area contributed by atoms with E-state index in [9.17, 15) is 4.79 Å². The van der Waals surface area contributed by atoms with Crippen LogP contribution in [0.15, 0.2) is 48.5 Å². The van der Waals surface area contributed by atoms with Crippen LogP contribution in [0.1, 0.15) is 21.5 Å². The lowest BCUT2D eigenvalue weighted by atomic mass is 10.1. The first-order chi connectivity index (χ1) is 12.4. The molecule has 0 aliphatic carbocycles. The number of aryl methyl sites for hydroxylation is 2. The molecule has 0 spiro atoms. The van der Waals surface area contributed by atoms with Crippen molar-refractivity contribution in [2.45, 2.75) is 13.8 Å². The van der Waals surface area contributed by atoms with E-state index in [2.05, 4.69) is 11.1 Å². The van der Waals surface area contributed by atoms with Crippen molar-refractivity contribution < 1.29 is 9.53 Å². The molecule has 0 bridgehead atoms. The van der Waals surface area contributed by atoms with Crippen LogP contribution < -0.4 is 4.74 Å². The molecular weight excluding hydrogens is 348 g/mol. The first-order valence-electron chi connectivity index (χ1n) is 8.46. The van der Waals surface area contributed by atoms with Gasteiger partial charge in [0.25, 0.3) is 5.91 Å². The van der Waals surface area contributed by atoms with E-state index in [-0.39, 0.29) is 5.91 Å². The quantitative estimate of drug-likeness (QED) is 0.615. The Balaban J connectivity index is 1.70. The molecule has 0 fully saturated rings. The number of ether oxygens (including phenoxy) is 1. The molecule has 0 N–H and O–H groups in total. The Labute approximate surface area is 158 Å². The number of para-hydroxylation sites is 1. The summed E-state index contributed by atoms with van der Waals surface area (Å²) >= 11 is 6.08. The lowest BCUT2D eigenvalue weighted by Gasteiger charge is -2.19. The third-order valence-electron chi connectivity index (χ3n) is 4.15. The molecule has 5 heteroatoms. The number of aromatic nitrogens is 1. The SMILES string of the molecule is Cc1cc(C)cc(OCCN(C)C(=O)c2cc(Cl)nc3ccccc23)c1. The van der Waals surface area contributed by atoms with E-state index >= 15 is 0 Å². The van der Waals surface area contributed by atoms with Gasteiger partial charge < -0.3 is 9.64 Å². The molecule has 1 aromatic heterocycles. The van der Waals surface area contributed by atoms with Crippen molar-refractivity contribution in [3.63, 3.8) is 0 Å². The average molecular weight is 369 g/mol. The van der Waals surface area contributed by atoms with Crippen molar-refractivity contribution in [1.82, 2.24) is 9.88 Å². The topological polar surface area (TPSA) is 42.4 Å². The minimum absolute atomic E-state index is 0.102. The maximum atomic E-state index is 12.8. The largest absolute Gasteiger partial charge is 0.492 e. The molecule has 134 valence electrons. The summed E-state index contributed by atoms with van der Waals surface area (Å²) in [5.41, 5.74) is 3.57. The maximum Gasteiger partial charge on any atom is 0.254 e. The zero-order chi connectivity index (χ0) is 18.7. The molecule has 0 saturated carbocycles. The highest BCUT2D eigenvalue weighted by atomic mass is 35.5. The summed E-state index contributed by atoms with van der Waals surface area (Å²) in [6, 6.07) is 15.2. The summed E-state index contributed by atoms with van der Waals surface area (Å²) in [5, 5.41) is 1.11. The van der Waals surface area contributed by atoms with Gasteiger partial charge in [-0.2, -0.15) is 0 Å². The Morgan fingerprint density at radius 3 is 2.54 bits per heavy atom. The summed E-state index contributed by atoms with van der Waals surface area (Å²) in [4.78, 5) is 18.8. The van der Waals surface area contributed by atoms with Crippen LogP contribution in [-0.4, -0.2) is 36.0 Å². The fraction of sp³-hybridized carbons (Fsp3) is 0.238. The minimum Gasteiger partial charge on any atom is -0.492 e.